The lowest BCUT2D eigenvalue weighted by Crippen LogP contribution is -2.62. The van der Waals surface area contributed by atoms with Crippen molar-refractivity contribution in [2.45, 2.75) is 208 Å². The number of hydrogen-bond donors (Lipinski definition) is 26. The van der Waals surface area contributed by atoms with Crippen LogP contribution in [-0.2, 0) is 114 Å². The van der Waals surface area contributed by atoms with Crippen LogP contribution in [-0.4, -0.2) is 295 Å². The molecular formula is C86H112N20O26. The van der Waals surface area contributed by atoms with Crippen molar-refractivity contribution in [2.75, 3.05) is 32.8 Å². The summed E-state index contributed by atoms with van der Waals surface area (Å²) in [4.78, 5) is 249. The molecule has 132 heavy (non-hydrogen) atoms. The summed E-state index contributed by atoms with van der Waals surface area (Å²) in [6.45, 7) is 0.504. The highest BCUT2D eigenvalue weighted by Crippen LogP contribution is 2.26. The number of amides is 13. The molecule has 2 aliphatic rings. The van der Waals surface area contributed by atoms with Gasteiger partial charge in [0.1, 0.15) is 95.8 Å². The number of aliphatic carboxylic acids is 4. The first kappa shape index (κ1) is 103. The molecule has 46 heteroatoms. The Morgan fingerprint density at radius 3 is 1.33 bits per heavy atom. The maximum absolute atomic E-state index is 15.1. The van der Waals surface area contributed by atoms with Gasteiger partial charge >= 0.3 is 23.9 Å². The number of nitrogens with zero attached hydrogens (tertiary/aromatic N) is 3. The number of phenolic OH excluding ortho intramolecular Hbond substituents is 3. The second kappa shape index (κ2) is 49.6. The Balaban J connectivity index is 0.974. The molecule has 14 atom stereocenters. The molecule has 28 N–H and O–H groups in total. The summed E-state index contributed by atoms with van der Waals surface area (Å²) in [6, 6.07) is -0.270. The van der Waals surface area contributed by atoms with Gasteiger partial charge in [-0.15, -0.1) is 0 Å². The van der Waals surface area contributed by atoms with Gasteiger partial charge in [-0.3, -0.25) is 82.1 Å². The number of aromatic nitrogens is 3. The van der Waals surface area contributed by atoms with Crippen LogP contribution >= 0.6 is 0 Å². The summed E-state index contributed by atoms with van der Waals surface area (Å²) in [5, 5.41) is 129. The van der Waals surface area contributed by atoms with Crippen molar-refractivity contribution >= 4 is 118 Å². The number of phenols is 3. The van der Waals surface area contributed by atoms with Crippen molar-refractivity contribution in [1.29, 1.82) is 5.41 Å². The number of nitrogens with two attached hydrogens (primary N) is 2. The average molecular weight is 1840 g/mol. The number of benzene rings is 4. The molecule has 2 saturated heterocycles. The Labute approximate surface area is 754 Å². The number of aromatic amines is 2. The monoisotopic (exact) mass is 1840 g/mol. The second-order valence-corrected chi connectivity index (χ2v) is 32.4. The molecule has 4 heterocycles. The number of nitrogens with one attached hydrogen (secondary N) is 15. The predicted octanol–water partition coefficient (Wildman–Crippen LogP) is -4.25. The molecule has 6 aromatic rings. The number of carbonyl (C=O) groups is 17. The van der Waals surface area contributed by atoms with Gasteiger partial charge in [-0.1, -0.05) is 68.4 Å². The summed E-state index contributed by atoms with van der Waals surface area (Å²) in [7, 11) is 0. The standard InChI is InChI=1S/C86H112N20O26/c1-44(2)32-59(75(121)96-58(26-28-70(114)115)83(129)105-30-6-11-67(105)81(127)100-62(36-48-39-92-55-9-4-3-8-53(48)55)78(124)101-63(35-47-17-23-52(111)24-18-47)84(130)106-31-7-12-68(106)82(128)102-64(85(131)132)38-71(116)117)97-79(125)65(41-107)104-80(126)66(42-108)103-74(120)57(25-27-69(112)113)95-76(122)60(33-45-13-19-50(109)20-14-45)99-77(123)61(34-46-15-21-51(110)22-16-46)98-73(119)56(10-5-29-91-86(88)89)94-72(118)54(87)37-49-40-90-43-93-49/h3-4,8-9,13-24,39-40,43-44,54,56-68,92,107-111H,5-7,10-12,25-38,41-42,87H2,1-2H3,(H,90,93)(H,94,118)(H,95,122)(H,96,121)(H,97,125)(H,98,119)(H,99,123)(H,100,127)(H,101,124)(H,102,128)(H,103,120)(H,104,126)(H,112,113)(H,114,115)(H,116,117)(H,131,132)(H4,88,89,91)/t54-,56-,57-,58-,59-,60-,61-,62-,63-,64-,65-,66-,67-,68-/m0/s1. The Bertz CT molecular complexity index is 5080. The number of fused-ring (bicyclic) bond motifs is 1. The third-order valence-electron chi connectivity index (χ3n) is 21.9. The van der Waals surface area contributed by atoms with Crippen LogP contribution in [0.15, 0.2) is 116 Å². The number of rotatable bonds is 51. The number of carbonyl (C=O) groups excluding carboxylic acids is 13. The van der Waals surface area contributed by atoms with E-state index in [1.54, 1.807) is 44.3 Å². The fourth-order valence-electron chi connectivity index (χ4n) is 15.0. The topological polar surface area (TPSA) is 743 Å². The summed E-state index contributed by atoms with van der Waals surface area (Å²) in [5.41, 5.74) is 14.3. The zero-order chi connectivity index (χ0) is 96.6. The fourth-order valence-corrected chi connectivity index (χ4v) is 15.0. The summed E-state index contributed by atoms with van der Waals surface area (Å²) in [6.07, 6.45) is -0.959. The molecule has 0 unspecified atom stereocenters. The Morgan fingerprint density at radius 2 is 0.864 bits per heavy atom. The highest BCUT2D eigenvalue weighted by atomic mass is 16.4. The number of H-pyrrole nitrogens is 2. The van der Waals surface area contributed by atoms with Crippen molar-refractivity contribution in [3.8, 4) is 17.2 Å². The summed E-state index contributed by atoms with van der Waals surface area (Å²) in [5.74, 6) is -21.4. The van der Waals surface area contributed by atoms with Gasteiger partial charge in [-0.25, -0.2) is 9.78 Å². The minimum atomic E-state index is -2.10. The van der Waals surface area contributed by atoms with E-state index in [2.05, 4.69) is 78.8 Å². The van der Waals surface area contributed by atoms with Crippen LogP contribution in [0.4, 0.5) is 0 Å². The Morgan fingerprint density at radius 1 is 0.462 bits per heavy atom. The minimum Gasteiger partial charge on any atom is -0.508 e. The van der Waals surface area contributed by atoms with E-state index >= 15 is 9.59 Å². The first-order valence-electron chi connectivity index (χ1n) is 42.5. The molecule has 4 aromatic carbocycles. The largest absolute Gasteiger partial charge is 0.508 e. The molecule has 2 fully saturated rings. The van der Waals surface area contributed by atoms with Gasteiger partial charge in [0.15, 0.2) is 5.96 Å². The van der Waals surface area contributed by atoms with Crippen molar-refractivity contribution < 1.29 is 127 Å². The highest BCUT2D eigenvalue weighted by molar-refractivity contribution is 6.01. The zero-order valence-electron chi connectivity index (χ0n) is 72.1. The summed E-state index contributed by atoms with van der Waals surface area (Å²) >= 11 is 0. The highest BCUT2D eigenvalue weighted by Gasteiger charge is 2.44. The third-order valence-corrected chi connectivity index (χ3v) is 21.9. The molecule has 0 saturated carbocycles. The quantitative estimate of drug-likeness (QED) is 0.00977. The van der Waals surface area contributed by atoms with Crippen molar-refractivity contribution in [3.63, 3.8) is 0 Å². The van der Waals surface area contributed by atoms with Gasteiger partial charge in [0.2, 0.25) is 76.8 Å². The van der Waals surface area contributed by atoms with Crippen LogP contribution < -0.4 is 75.3 Å². The van der Waals surface area contributed by atoms with Gasteiger partial charge in [0.25, 0.3) is 0 Å². The molecule has 0 bridgehead atoms. The zero-order valence-corrected chi connectivity index (χ0v) is 72.1. The van der Waals surface area contributed by atoms with E-state index in [0.29, 0.717) is 33.3 Å². The molecule has 46 nitrogen and oxygen atoms in total. The third kappa shape index (κ3) is 31.3. The van der Waals surface area contributed by atoms with Gasteiger partial charge in [-0.2, -0.15) is 0 Å². The number of guanidine groups is 1. The van der Waals surface area contributed by atoms with E-state index in [0.717, 1.165) is 9.80 Å². The number of aliphatic hydroxyl groups is 2. The van der Waals surface area contributed by atoms with Crippen molar-refractivity contribution in [2.24, 2.45) is 17.4 Å². The van der Waals surface area contributed by atoms with Gasteiger partial charge < -0.3 is 141 Å². The second-order valence-electron chi connectivity index (χ2n) is 32.4. The van der Waals surface area contributed by atoms with Crippen LogP contribution in [0, 0.1) is 11.3 Å². The lowest BCUT2D eigenvalue weighted by molar-refractivity contribution is -0.148. The molecule has 0 spiro atoms. The number of imidazole rings is 1. The molecular weight excluding hydrogens is 1730 g/mol. The van der Waals surface area contributed by atoms with Gasteiger partial charge in [0, 0.05) is 93.6 Å². The first-order valence-corrected chi connectivity index (χ1v) is 42.5. The van der Waals surface area contributed by atoms with E-state index in [-0.39, 0.29) is 113 Å². The lowest BCUT2D eigenvalue weighted by Gasteiger charge is -2.32. The Kier molecular flexibility index (Phi) is 38.6. The van der Waals surface area contributed by atoms with E-state index in [1.165, 1.54) is 85.3 Å². The first-order chi connectivity index (χ1) is 62.8. The molecule has 2 aliphatic heterocycles. The fraction of sp³-hybridized carbons (Fsp3) is 0.453. The van der Waals surface area contributed by atoms with Crippen LogP contribution in [0.3, 0.4) is 0 Å². The van der Waals surface area contributed by atoms with E-state index < -0.39 is 249 Å². The smallest absolute Gasteiger partial charge is 0.326 e. The number of aromatic hydroxyl groups is 3. The van der Waals surface area contributed by atoms with Crippen LogP contribution in [0.1, 0.15) is 119 Å². The molecule has 13 amide bonds. The predicted molar refractivity (Wildman–Crippen MR) is 465 cm³/mol. The lowest BCUT2D eigenvalue weighted by atomic mass is 10.0. The Hall–Kier alpha value is -14.8. The molecule has 2 aromatic heterocycles. The number of para-hydroxylation sites is 1. The number of carboxylic acids is 4. The van der Waals surface area contributed by atoms with Crippen molar-refractivity contribution in [3.05, 3.63) is 144 Å². The minimum absolute atomic E-state index is 0.00649. The van der Waals surface area contributed by atoms with E-state index in [4.69, 9.17) is 16.9 Å². The molecule has 0 aliphatic carbocycles. The van der Waals surface area contributed by atoms with Crippen LogP contribution in [0.2, 0.25) is 0 Å². The maximum atomic E-state index is 15.1. The van der Waals surface area contributed by atoms with Gasteiger partial charge in [0.05, 0.1) is 32.0 Å². The molecule has 8 rings (SSSR count). The SMILES string of the molecule is CC(C)C[C@H](NC(=O)[C@H](CO)NC(=O)[C@H](CO)NC(=O)[C@H](CCC(=O)O)NC(=O)[C@H](Cc1ccc(O)cc1)NC(=O)[C@H](Cc1ccc(O)cc1)NC(=O)[C@H](CCCNC(=N)N)NC(=O)[C@@H](N)Cc1cnc[nH]1)C(=O)N[C@@H](CCC(=O)O)C(=O)N1CCC[C@H]1C(=O)N[C@@H](Cc1c[nH]c2ccccc12)C(=O)N[C@@H](Cc1ccc(O)cc1)C(=O)N1CCC[C@H]1C(=O)N[C@@H](CC(=O)O)C(=O)O. The molecule has 0 radical (unpaired) electrons. The number of hydrogen-bond acceptors (Lipinski definition) is 25. The van der Waals surface area contributed by atoms with Gasteiger partial charge in [-0.05, 0) is 128 Å². The van der Waals surface area contributed by atoms with Crippen LogP contribution in [0.25, 0.3) is 10.9 Å². The number of carboxylic acid groups (broad SMARTS) is 4. The number of aliphatic hydroxyl groups excluding tert-OH is 2. The normalized spacial score (nSPS) is 16.2. The van der Waals surface area contributed by atoms with E-state index in [1.807, 2.05) is 0 Å². The maximum Gasteiger partial charge on any atom is 0.326 e. The van der Waals surface area contributed by atoms with Crippen LogP contribution in [0.5, 0.6) is 17.2 Å². The number of likely N-dealkylation sites (tertiary alicyclic amines) is 2. The van der Waals surface area contributed by atoms with E-state index in [9.17, 15) is 118 Å². The average Bonchev–Trinajstić information content (AvgIpc) is 1.65. The molecule has 712 valence electrons. The van der Waals surface area contributed by atoms with Crippen molar-refractivity contribution in [1.82, 2.24) is 88.6 Å². The summed E-state index contributed by atoms with van der Waals surface area (Å²) < 4.78 is 0.